The largest absolute Gasteiger partial charge is 0.489 e. The Morgan fingerprint density at radius 2 is 1.76 bits per heavy atom. The Morgan fingerprint density at radius 3 is 2.50 bits per heavy atom. The van der Waals surface area contributed by atoms with Crippen LogP contribution in [0.1, 0.15) is 23.6 Å². The van der Waals surface area contributed by atoms with Crippen molar-refractivity contribution < 1.29 is 23.8 Å². The average Bonchev–Trinajstić information content (AvgIpc) is 3.38. The van der Waals surface area contributed by atoms with Crippen molar-refractivity contribution in [2.45, 2.75) is 20.1 Å². The van der Waals surface area contributed by atoms with Gasteiger partial charge in [-0.1, -0.05) is 47.5 Å². The van der Waals surface area contributed by atoms with Gasteiger partial charge in [0.25, 0.3) is 11.8 Å². The molecule has 0 unspecified atom stereocenters. The van der Waals surface area contributed by atoms with Gasteiger partial charge in [0.1, 0.15) is 24.0 Å². The summed E-state index contributed by atoms with van der Waals surface area (Å²) in [5, 5.41) is 10.7. The first-order valence-corrected chi connectivity index (χ1v) is 12.3. The second-order valence-corrected chi connectivity index (χ2v) is 9.49. The van der Waals surface area contributed by atoms with Gasteiger partial charge in [-0.05, 0) is 66.1 Å². The van der Waals surface area contributed by atoms with Gasteiger partial charge in [0.2, 0.25) is 6.79 Å². The Hall–Kier alpha value is -4.25. The third-order valence-electron chi connectivity index (χ3n) is 6.20. The number of halogens is 2. The second-order valence-electron chi connectivity index (χ2n) is 8.65. The first kappa shape index (κ1) is 25.4. The molecule has 0 aliphatic carbocycles. The lowest BCUT2D eigenvalue weighted by Crippen LogP contribution is -2.42. The van der Waals surface area contributed by atoms with Crippen LogP contribution >= 0.6 is 23.2 Å². The number of ether oxygens (including phenoxy) is 3. The minimum absolute atomic E-state index is 0.00978. The number of hydrogen-bond donors (Lipinski definition) is 0. The van der Waals surface area contributed by atoms with Crippen LogP contribution in [0.15, 0.2) is 77.4 Å². The summed E-state index contributed by atoms with van der Waals surface area (Å²) in [7, 11) is 0. The molecule has 5 rings (SSSR count). The van der Waals surface area contributed by atoms with Gasteiger partial charge >= 0.3 is 0 Å². The number of amides is 2. The predicted molar refractivity (Wildman–Crippen MR) is 142 cm³/mol. The van der Waals surface area contributed by atoms with E-state index in [1.54, 1.807) is 73.7 Å². The van der Waals surface area contributed by atoms with E-state index in [1.807, 2.05) is 6.07 Å². The number of nitrogens with zero attached hydrogens (tertiary/aromatic N) is 2. The van der Waals surface area contributed by atoms with Gasteiger partial charge in [-0.15, -0.1) is 0 Å². The van der Waals surface area contributed by atoms with Gasteiger partial charge in [-0.3, -0.25) is 14.5 Å². The Bertz CT molecular complexity index is 1550. The van der Waals surface area contributed by atoms with E-state index in [1.165, 1.54) is 0 Å². The molecule has 0 atom stereocenters. The van der Waals surface area contributed by atoms with Gasteiger partial charge in [-0.25, -0.2) is 0 Å². The average molecular weight is 547 g/mol. The SMILES string of the molecule is CC1=C(C#N)C(=O)N(Cc2ccc3c(c2)OCO3)C(=O)/C1=C/c1ccc(OCc2ccc(Cl)cc2Cl)cc1. The molecule has 0 aromatic heterocycles. The van der Waals surface area contributed by atoms with E-state index in [-0.39, 0.29) is 31.1 Å². The van der Waals surface area contributed by atoms with E-state index >= 15 is 0 Å². The van der Waals surface area contributed by atoms with Crippen LogP contribution in [0.25, 0.3) is 6.08 Å². The fourth-order valence-electron chi connectivity index (χ4n) is 4.12. The number of rotatable bonds is 6. The smallest absolute Gasteiger partial charge is 0.271 e. The standard InChI is InChI=1S/C29H20Cl2N2O5/c1-17-23(10-18-2-7-22(8-3-18)36-15-20-5-6-21(30)12-25(20)31)28(34)33(29(35)24(17)13-32)14-19-4-9-26-27(11-19)38-16-37-26/h2-12H,14-16H2,1H3/b23-10+. The maximum Gasteiger partial charge on any atom is 0.271 e. The Kier molecular flexibility index (Phi) is 7.10. The molecule has 9 heteroatoms. The number of carbonyl (C=O) groups excluding carboxylic acids is 2. The molecule has 0 saturated carbocycles. The maximum atomic E-state index is 13.4. The molecule has 0 spiro atoms. The van der Waals surface area contributed by atoms with Gasteiger partial charge in [0.15, 0.2) is 11.5 Å². The van der Waals surface area contributed by atoms with Crippen molar-refractivity contribution in [2.24, 2.45) is 0 Å². The number of imide groups is 1. The fourth-order valence-corrected chi connectivity index (χ4v) is 4.59. The molecule has 0 fully saturated rings. The van der Waals surface area contributed by atoms with Crippen LogP contribution < -0.4 is 14.2 Å². The van der Waals surface area contributed by atoms with Crippen molar-refractivity contribution >= 4 is 41.1 Å². The molecule has 190 valence electrons. The number of nitriles is 1. The molecular formula is C29H20Cl2N2O5. The second kappa shape index (κ2) is 10.6. The first-order chi connectivity index (χ1) is 18.3. The maximum absolute atomic E-state index is 13.4. The molecule has 2 aliphatic heterocycles. The Balaban J connectivity index is 1.36. The van der Waals surface area contributed by atoms with Crippen LogP contribution in [0.4, 0.5) is 0 Å². The molecule has 2 heterocycles. The van der Waals surface area contributed by atoms with Crippen LogP contribution in [0.2, 0.25) is 10.0 Å². The summed E-state index contributed by atoms with van der Waals surface area (Å²) in [5.74, 6) is 0.639. The summed E-state index contributed by atoms with van der Waals surface area (Å²) in [6, 6.07) is 19.5. The van der Waals surface area contributed by atoms with Crippen LogP contribution in [-0.2, 0) is 22.7 Å². The Labute approximate surface area is 229 Å². The lowest BCUT2D eigenvalue weighted by Gasteiger charge is -2.27. The minimum atomic E-state index is -0.630. The number of hydrogen-bond acceptors (Lipinski definition) is 6. The van der Waals surface area contributed by atoms with Crippen LogP contribution in [0.3, 0.4) is 0 Å². The summed E-state index contributed by atoms with van der Waals surface area (Å²) >= 11 is 12.1. The normalized spacial score (nSPS) is 15.7. The number of carbonyl (C=O) groups is 2. The van der Waals surface area contributed by atoms with E-state index < -0.39 is 11.8 Å². The first-order valence-electron chi connectivity index (χ1n) is 11.6. The molecular weight excluding hydrogens is 527 g/mol. The van der Waals surface area contributed by atoms with E-state index in [0.29, 0.717) is 44.0 Å². The molecule has 0 bridgehead atoms. The van der Waals surface area contributed by atoms with Crippen LogP contribution in [0, 0.1) is 11.3 Å². The molecule has 38 heavy (non-hydrogen) atoms. The van der Waals surface area contributed by atoms with Gasteiger partial charge in [-0.2, -0.15) is 5.26 Å². The van der Waals surface area contributed by atoms with Gasteiger partial charge < -0.3 is 14.2 Å². The minimum Gasteiger partial charge on any atom is -0.489 e. The lowest BCUT2D eigenvalue weighted by atomic mass is 9.93. The van der Waals surface area contributed by atoms with Gasteiger partial charge in [0.05, 0.1) is 6.54 Å². The molecule has 0 saturated heterocycles. The van der Waals surface area contributed by atoms with Crippen molar-refractivity contribution in [2.75, 3.05) is 6.79 Å². The van der Waals surface area contributed by atoms with E-state index in [2.05, 4.69) is 0 Å². The highest BCUT2D eigenvalue weighted by Crippen LogP contribution is 2.34. The van der Waals surface area contributed by atoms with Crippen molar-refractivity contribution in [3.63, 3.8) is 0 Å². The van der Waals surface area contributed by atoms with Crippen molar-refractivity contribution in [1.82, 2.24) is 4.90 Å². The monoisotopic (exact) mass is 546 g/mol. The molecule has 2 aliphatic rings. The zero-order valence-corrected chi connectivity index (χ0v) is 21.7. The van der Waals surface area contributed by atoms with Crippen molar-refractivity contribution in [3.8, 4) is 23.3 Å². The summed E-state index contributed by atoms with van der Waals surface area (Å²) in [5.41, 5.74) is 2.71. The third kappa shape index (κ3) is 5.10. The zero-order chi connectivity index (χ0) is 26.8. The fraction of sp³-hybridized carbons (Fsp3) is 0.138. The highest BCUT2D eigenvalue weighted by molar-refractivity contribution is 6.35. The topological polar surface area (TPSA) is 88.9 Å². The molecule has 3 aromatic rings. The molecule has 2 amide bonds. The molecule has 7 nitrogen and oxygen atoms in total. The molecule has 0 radical (unpaired) electrons. The summed E-state index contributed by atoms with van der Waals surface area (Å²) in [4.78, 5) is 27.5. The summed E-state index contributed by atoms with van der Waals surface area (Å²) in [6.07, 6.45) is 1.66. The number of fused-ring (bicyclic) bond motifs is 1. The van der Waals surface area contributed by atoms with Crippen LogP contribution in [0.5, 0.6) is 17.2 Å². The van der Waals surface area contributed by atoms with Crippen molar-refractivity contribution in [3.05, 3.63) is 104 Å². The summed E-state index contributed by atoms with van der Waals surface area (Å²) < 4.78 is 16.5. The third-order valence-corrected chi connectivity index (χ3v) is 6.79. The quantitative estimate of drug-likeness (QED) is 0.274. The van der Waals surface area contributed by atoms with Crippen molar-refractivity contribution in [1.29, 1.82) is 5.26 Å². The van der Waals surface area contributed by atoms with E-state index in [4.69, 9.17) is 37.4 Å². The highest BCUT2D eigenvalue weighted by atomic mass is 35.5. The number of benzene rings is 3. The zero-order valence-electron chi connectivity index (χ0n) is 20.2. The Morgan fingerprint density at radius 1 is 1.00 bits per heavy atom. The lowest BCUT2D eigenvalue weighted by molar-refractivity contribution is -0.141. The summed E-state index contributed by atoms with van der Waals surface area (Å²) in [6.45, 7) is 1.97. The van der Waals surface area contributed by atoms with Gasteiger partial charge in [0, 0.05) is 21.2 Å². The molecule has 0 N–H and O–H groups in total. The highest BCUT2D eigenvalue weighted by Gasteiger charge is 2.35. The van der Waals surface area contributed by atoms with E-state index in [0.717, 1.165) is 10.5 Å². The van der Waals surface area contributed by atoms with Crippen LogP contribution in [-0.4, -0.2) is 23.5 Å². The molecule has 3 aromatic carbocycles. The van der Waals surface area contributed by atoms with E-state index in [9.17, 15) is 14.9 Å². The predicted octanol–water partition coefficient (Wildman–Crippen LogP) is 6.09.